The maximum absolute atomic E-state index is 12.5. The van der Waals surface area contributed by atoms with Crippen molar-refractivity contribution in [1.29, 1.82) is 0 Å². The Morgan fingerprint density at radius 2 is 1.97 bits per heavy atom. The van der Waals surface area contributed by atoms with Crippen LogP contribution in [-0.2, 0) is 15.3 Å². The zero-order chi connectivity index (χ0) is 21.5. The summed E-state index contributed by atoms with van der Waals surface area (Å²) in [7, 11) is 0. The van der Waals surface area contributed by atoms with Crippen LogP contribution in [0.5, 0.6) is 11.5 Å². The molecule has 9 heteroatoms. The van der Waals surface area contributed by atoms with Crippen LogP contribution < -0.4 is 14.8 Å². The van der Waals surface area contributed by atoms with Crippen molar-refractivity contribution in [3.63, 3.8) is 0 Å². The van der Waals surface area contributed by atoms with Crippen molar-refractivity contribution in [2.75, 3.05) is 25.1 Å². The maximum Gasteiger partial charge on any atom is 0.339 e. The molecule has 1 aliphatic rings. The fraction of sp³-hybridized carbons (Fsp3) is 0.227. The molecule has 1 aromatic heterocycles. The number of ether oxygens (including phenoxy) is 3. The van der Waals surface area contributed by atoms with Gasteiger partial charge in [0.1, 0.15) is 0 Å². The number of anilines is 1. The molecular formula is C22H20N2O5S2. The lowest BCUT2D eigenvalue weighted by molar-refractivity contribution is -0.119. The van der Waals surface area contributed by atoms with Gasteiger partial charge < -0.3 is 19.5 Å². The highest BCUT2D eigenvalue weighted by Gasteiger charge is 2.16. The molecule has 0 unspecified atom stereocenters. The van der Waals surface area contributed by atoms with E-state index in [2.05, 4.69) is 10.3 Å². The van der Waals surface area contributed by atoms with Gasteiger partial charge in [0.2, 0.25) is 0 Å². The van der Waals surface area contributed by atoms with Gasteiger partial charge in [-0.05, 0) is 24.3 Å². The lowest BCUT2D eigenvalue weighted by Crippen LogP contribution is -2.21. The Morgan fingerprint density at radius 3 is 2.81 bits per heavy atom. The number of rotatable bonds is 7. The van der Waals surface area contributed by atoms with E-state index in [1.807, 2.05) is 17.5 Å². The van der Waals surface area contributed by atoms with Crippen LogP contribution in [0.1, 0.15) is 22.5 Å². The Morgan fingerprint density at radius 1 is 1.13 bits per heavy atom. The predicted molar refractivity (Wildman–Crippen MR) is 119 cm³/mol. The number of fused-ring (bicyclic) bond motifs is 1. The average molecular weight is 457 g/mol. The maximum atomic E-state index is 12.5. The third-order valence-corrected chi connectivity index (χ3v) is 6.07. The van der Waals surface area contributed by atoms with E-state index in [-0.39, 0.29) is 0 Å². The van der Waals surface area contributed by atoms with Crippen LogP contribution in [0.3, 0.4) is 0 Å². The van der Waals surface area contributed by atoms with E-state index in [1.165, 1.54) is 23.1 Å². The van der Waals surface area contributed by atoms with Crippen molar-refractivity contribution in [1.82, 2.24) is 4.98 Å². The first-order valence-corrected chi connectivity index (χ1v) is 11.6. The van der Waals surface area contributed by atoms with Crippen LogP contribution in [0.4, 0.5) is 5.69 Å². The number of nitrogens with zero attached hydrogens (tertiary/aromatic N) is 1. The molecule has 0 aliphatic carbocycles. The zero-order valence-corrected chi connectivity index (χ0v) is 18.2. The fourth-order valence-corrected chi connectivity index (χ4v) is 4.48. The van der Waals surface area contributed by atoms with Crippen molar-refractivity contribution in [3.05, 3.63) is 64.6 Å². The van der Waals surface area contributed by atoms with Gasteiger partial charge in [-0.3, -0.25) is 4.79 Å². The van der Waals surface area contributed by atoms with Crippen molar-refractivity contribution in [3.8, 4) is 11.5 Å². The lowest BCUT2D eigenvalue weighted by Gasteiger charge is -2.11. The number of amides is 1. The molecule has 0 fully saturated rings. The lowest BCUT2D eigenvalue weighted by atomic mass is 10.2. The molecule has 0 bridgehead atoms. The third-order valence-electron chi connectivity index (χ3n) is 4.33. The highest BCUT2D eigenvalue weighted by Crippen LogP contribution is 2.32. The highest BCUT2D eigenvalue weighted by molar-refractivity contribution is 7.98. The minimum atomic E-state index is -0.546. The van der Waals surface area contributed by atoms with E-state index in [0.29, 0.717) is 41.7 Å². The van der Waals surface area contributed by atoms with Crippen LogP contribution in [-0.4, -0.2) is 36.7 Å². The van der Waals surface area contributed by atoms with E-state index in [0.717, 1.165) is 17.0 Å². The van der Waals surface area contributed by atoms with Gasteiger partial charge in [-0.2, -0.15) is 0 Å². The van der Waals surface area contributed by atoms with E-state index in [1.54, 1.807) is 35.8 Å². The SMILES string of the molecule is O=C(COC(=O)c1ccccc1SCc1cscn1)Nc1ccc2c(c1)OCCCO2. The summed E-state index contributed by atoms with van der Waals surface area (Å²) in [6.45, 7) is 0.762. The standard InChI is InChI=1S/C22H20N2O5S2/c25-21(24-15-6-7-18-19(10-15)28-9-3-8-27-18)11-29-22(26)17-4-1-2-5-20(17)31-13-16-12-30-14-23-16/h1-2,4-7,10,12,14H,3,8-9,11,13H2,(H,24,25). The van der Waals surface area contributed by atoms with Gasteiger partial charge in [0.25, 0.3) is 5.91 Å². The molecule has 160 valence electrons. The number of aromatic nitrogens is 1. The molecule has 0 radical (unpaired) electrons. The summed E-state index contributed by atoms with van der Waals surface area (Å²) in [6, 6.07) is 12.3. The largest absolute Gasteiger partial charge is 0.490 e. The monoisotopic (exact) mass is 456 g/mol. The average Bonchev–Trinajstić information content (AvgIpc) is 3.20. The number of nitrogens with one attached hydrogen (secondary N) is 1. The molecule has 1 N–H and O–H groups in total. The van der Waals surface area contributed by atoms with Crippen LogP contribution in [0, 0.1) is 0 Å². The number of hydrogen-bond acceptors (Lipinski definition) is 8. The van der Waals surface area contributed by atoms with Crippen molar-refractivity contribution >= 4 is 40.7 Å². The van der Waals surface area contributed by atoms with E-state index < -0.39 is 18.5 Å². The summed E-state index contributed by atoms with van der Waals surface area (Å²) >= 11 is 3.03. The molecule has 0 spiro atoms. The van der Waals surface area contributed by atoms with Gasteiger partial charge in [0.15, 0.2) is 18.1 Å². The summed E-state index contributed by atoms with van der Waals surface area (Å²) in [5, 5.41) is 4.68. The van der Waals surface area contributed by atoms with Crippen molar-refractivity contribution < 1.29 is 23.8 Å². The van der Waals surface area contributed by atoms with Gasteiger partial charge in [0, 0.05) is 34.2 Å². The first kappa shape index (κ1) is 21.2. The molecule has 7 nitrogen and oxygen atoms in total. The summed E-state index contributed by atoms with van der Waals surface area (Å²) in [4.78, 5) is 29.9. The summed E-state index contributed by atoms with van der Waals surface area (Å²) in [6.07, 6.45) is 0.801. The number of carbonyl (C=O) groups excluding carboxylic acids is 2. The van der Waals surface area contributed by atoms with E-state index >= 15 is 0 Å². The zero-order valence-electron chi connectivity index (χ0n) is 16.5. The van der Waals surface area contributed by atoms with Gasteiger partial charge >= 0.3 is 5.97 Å². The number of hydrogen-bond donors (Lipinski definition) is 1. The molecule has 3 aromatic rings. The molecule has 2 heterocycles. The second-order valence-corrected chi connectivity index (χ2v) is 8.34. The second kappa shape index (κ2) is 10.3. The smallest absolute Gasteiger partial charge is 0.339 e. The van der Waals surface area contributed by atoms with Gasteiger partial charge in [-0.1, -0.05) is 12.1 Å². The number of benzene rings is 2. The third kappa shape index (κ3) is 5.77. The molecule has 0 atom stereocenters. The van der Waals surface area contributed by atoms with Gasteiger partial charge in [-0.25, -0.2) is 9.78 Å². The summed E-state index contributed by atoms with van der Waals surface area (Å²) < 4.78 is 16.4. The van der Waals surface area contributed by atoms with Crippen LogP contribution >= 0.6 is 23.1 Å². The fourth-order valence-electron chi connectivity index (χ4n) is 2.87. The normalized spacial score (nSPS) is 12.6. The van der Waals surface area contributed by atoms with Gasteiger partial charge in [-0.15, -0.1) is 23.1 Å². The number of thiazole rings is 1. The van der Waals surface area contributed by atoms with Gasteiger partial charge in [0.05, 0.1) is 30.0 Å². The predicted octanol–water partition coefficient (Wildman–Crippen LogP) is 4.39. The first-order valence-electron chi connectivity index (χ1n) is 9.64. The van der Waals surface area contributed by atoms with Crippen LogP contribution in [0.2, 0.25) is 0 Å². The van der Waals surface area contributed by atoms with Crippen LogP contribution in [0.15, 0.2) is 58.3 Å². The number of esters is 1. The molecular weight excluding hydrogens is 436 g/mol. The molecule has 1 aliphatic heterocycles. The van der Waals surface area contributed by atoms with Crippen molar-refractivity contribution in [2.45, 2.75) is 17.1 Å². The highest BCUT2D eigenvalue weighted by atomic mass is 32.2. The quantitative estimate of drug-likeness (QED) is 0.417. The Balaban J connectivity index is 1.32. The first-order chi connectivity index (χ1) is 15.2. The Hall–Kier alpha value is -3.04. The number of thioether (sulfide) groups is 1. The molecule has 4 rings (SSSR count). The molecule has 31 heavy (non-hydrogen) atoms. The Labute approximate surface area is 187 Å². The van der Waals surface area contributed by atoms with E-state index in [4.69, 9.17) is 14.2 Å². The second-order valence-electron chi connectivity index (χ2n) is 6.60. The van der Waals surface area contributed by atoms with Crippen LogP contribution in [0.25, 0.3) is 0 Å². The Kier molecular flexibility index (Phi) is 7.06. The molecule has 1 amide bonds. The minimum absolute atomic E-state index is 0.391. The van der Waals surface area contributed by atoms with Crippen molar-refractivity contribution in [2.24, 2.45) is 0 Å². The molecule has 0 saturated heterocycles. The topological polar surface area (TPSA) is 86.8 Å². The molecule has 2 aromatic carbocycles. The Bertz CT molecular complexity index is 1060. The summed E-state index contributed by atoms with van der Waals surface area (Å²) in [5.74, 6) is 0.899. The molecule has 0 saturated carbocycles. The number of carbonyl (C=O) groups is 2. The van der Waals surface area contributed by atoms with E-state index in [9.17, 15) is 9.59 Å². The summed E-state index contributed by atoms with van der Waals surface area (Å²) in [5.41, 5.74) is 3.70. The minimum Gasteiger partial charge on any atom is -0.490 e.